The van der Waals surface area contributed by atoms with Crippen LogP contribution in [0.2, 0.25) is 0 Å². The summed E-state index contributed by atoms with van der Waals surface area (Å²) in [6.45, 7) is 3.44. The molecule has 0 radical (unpaired) electrons. The van der Waals surface area contributed by atoms with Gasteiger partial charge >= 0.3 is 5.97 Å². The molecule has 0 aromatic carbocycles. The summed E-state index contributed by atoms with van der Waals surface area (Å²) >= 11 is 0. The third kappa shape index (κ3) is 32.2. The molecule has 0 spiro atoms. The van der Waals surface area contributed by atoms with Gasteiger partial charge in [-0.1, -0.05) is 169 Å². The van der Waals surface area contributed by atoms with Crippen molar-refractivity contribution in [1.29, 1.82) is 0 Å². The normalized spacial score (nSPS) is 25.7. The summed E-state index contributed by atoms with van der Waals surface area (Å²) in [5.74, 6) is -0.400. The fraction of sp³-hybridized carbons (Fsp3) is 0.712. The predicted octanol–water partition coefficient (Wildman–Crippen LogP) is 9.41. The summed E-state index contributed by atoms with van der Waals surface area (Å²) in [5.41, 5.74) is 0. The van der Waals surface area contributed by atoms with Crippen LogP contribution in [0.5, 0.6) is 0 Å². The Morgan fingerprint density at radius 3 is 1.40 bits per heavy atom. The third-order valence-electron chi connectivity index (χ3n) is 12.6. The van der Waals surface area contributed by atoms with E-state index in [4.69, 9.17) is 28.4 Å². The van der Waals surface area contributed by atoms with E-state index in [0.717, 1.165) is 122 Å². The van der Waals surface area contributed by atoms with E-state index in [1.165, 1.54) is 19.3 Å². The second-order valence-corrected chi connectivity index (χ2v) is 19.0. The summed E-state index contributed by atoms with van der Waals surface area (Å²) in [7, 11) is 0. The fourth-order valence-electron chi connectivity index (χ4n) is 8.09. The highest BCUT2D eigenvalue weighted by Gasteiger charge is 2.47. The van der Waals surface area contributed by atoms with Gasteiger partial charge in [-0.15, -0.1) is 0 Å². The van der Waals surface area contributed by atoms with Gasteiger partial charge < -0.3 is 64.2 Å². The van der Waals surface area contributed by atoms with Crippen LogP contribution in [0, 0.1) is 0 Å². The van der Waals surface area contributed by atoms with E-state index in [0.29, 0.717) is 13.0 Å². The number of unbranched alkanes of at least 4 members (excludes halogenated alkanes) is 13. The van der Waals surface area contributed by atoms with Crippen molar-refractivity contribution < 1.29 is 69.0 Å². The maximum absolute atomic E-state index is 13.0. The van der Waals surface area contributed by atoms with Gasteiger partial charge in [-0.25, -0.2) is 0 Å². The van der Waals surface area contributed by atoms with Crippen molar-refractivity contribution in [3.8, 4) is 0 Å². The number of allylic oxidation sites excluding steroid dienone is 16. The number of rotatable bonds is 43. The van der Waals surface area contributed by atoms with Crippen LogP contribution in [-0.4, -0.2) is 142 Å². The van der Waals surface area contributed by atoms with Crippen LogP contribution in [0.3, 0.4) is 0 Å². The molecule has 0 aliphatic carbocycles. The summed E-state index contributed by atoms with van der Waals surface area (Å²) in [6.07, 6.45) is 43.3. The highest BCUT2D eigenvalue weighted by atomic mass is 16.7. The molecule has 418 valence electrons. The van der Waals surface area contributed by atoms with Gasteiger partial charge in [0.1, 0.15) is 54.9 Å². The van der Waals surface area contributed by atoms with Gasteiger partial charge in [-0.2, -0.15) is 0 Å². The van der Waals surface area contributed by atoms with E-state index in [1.54, 1.807) is 0 Å². The van der Waals surface area contributed by atoms with Crippen molar-refractivity contribution in [1.82, 2.24) is 0 Å². The quantitative estimate of drug-likeness (QED) is 0.0172. The molecule has 0 saturated carbocycles. The smallest absolute Gasteiger partial charge is 0.306 e. The lowest BCUT2D eigenvalue weighted by atomic mass is 9.98. The maximum atomic E-state index is 13.0. The van der Waals surface area contributed by atoms with E-state index in [1.807, 2.05) is 0 Å². The minimum atomic E-state index is -1.72. The number of carbonyl (C=O) groups is 1. The van der Waals surface area contributed by atoms with E-state index < -0.39 is 86.7 Å². The molecule has 2 heterocycles. The molecular weight excluding hydrogens is 933 g/mol. The largest absolute Gasteiger partial charge is 0.457 e. The molecule has 2 aliphatic rings. The van der Waals surface area contributed by atoms with Crippen molar-refractivity contribution in [2.45, 2.75) is 235 Å². The number of hydrogen-bond acceptors (Lipinski definition) is 14. The Labute approximate surface area is 439 Å². The van der Waals surface area contributed by atoms with Gasteiger partial charge in [-0.05, 0) is 89.9 Å². The number of hydrogen-bond donors (Lipinski definition) is 7. The molecule has 2 aliphatic heterocycles. The van der Waals surface area contributed by atoms with Crippen LogP contribution >= 0.6 is 0 Å². The molecule has 73 heavy (non-hydrogen) atoms. The van der Waals surface area contributed by atoms with E-state index >= 15 is 0 Å². The highest BCUT2D eigenvalue weighted by molar-refractivity contribution is 5.69. The first kappa shape index (κ1) is 66.0. The molecule has 0 aromatic heterocycles. The molecule has 14 heteroatoms. The van der Waals surface area contributed by atoms with Crippen molar-refractivity contribution in [2.75, 3.05) is 33.0 Å². The lowest BCUT2D eigenvalue weighted by Crippen LogP contribution is -2.61. The monoisotopic (exact) mass is 1030 g/mol. The molecule has 2 rings (SSSR count). The number of esters is 1. The number of aliphatic hydroxyl groups excluding tert-OH is 7. The summed E-state index contributed by atoms with van der Waals surface area (Å²) in [6, 6.07) is 0. The van der Waals surface area contributed by atoms with Crippen molar-refractivity contribution in [3.63, 3.8) is 0 Å². The molecule has 14 nitrogen and oxygen atoms in total. The van der Waals surface area contributed by atoms with Crippen LogP contribution in [0.15, 0.2) is 97.2 Å². The van der Waals surface area contributed by atoms with Crippen LogP contribution in [0.4, 0.5) is 0 Å². The Kier molecular flexibility index (Phi) is 40.8. The molecular formula is C59H98O14. The Hall–Kier alpha value is -3.09. The minimum Gasteiger partial charge on any atom is -0.457 e. The van der Waals surface area contributed by atoms with E-state index in [9.17, 15) is 40.5 Å². The molecule has 11 unspecified atom stereocenters. The SMILES string of the molecule is CC/C=C\C/C=C\C/C=C\C/C=C\C/C=C\C/C=C\CCCCCCCCCOCC(COC1OC(COC2OC(CO)C(O)C(O)C2O)C(O)C(O)C1O)OC(=O)CCCCCCC/C=C\C/C=C\CCC. The highest BCUT2D eigenvalue weighted by Crippen LogP contribution is 2.26. The first-order valence-corrected chi connectivity index (χ1v) is 27.8. The zero-order valence-electron chi connectivity index (χ0n) is 44.6. The summed E-state index contributed by atoms with van der Waals surface area (Å²) in [5, 5.41) is 72.2. The average Bonchev–Trinajstić information content (AvgIpc) is 3.39. The van der Waals surface area contributed by atoms with Crippen LogP contribution in [0.1, 0.15) is 168 Å². The number of ether oxygens (including phenoxy) is 6. The van der Waals surface area contributed by atoms with Gasteiger partial charge in [0.05, 0.1) is 26.4 Å². The standard InChI is InChI=1S/C59H98O14/c1-3-5-7-9-11-13-15-17-18-19-20-21-22-23-24-25-26-27-28-29-31-33-35-37-39-41-43-68-45-48(71-51(61)42-40-38-36-34-32-30-16-14-12-10-8-6-4-2)46-69-58-57(67)55(65)53(63)50(73-58)47-70-59-56(66)54(64)52(62)49(44-60)72-59/h5,7-8,10-11,13-14,16-18,20-21,23-24,26-27,48-50,52-60,62-67H,3-4,6,9,12,15,19,22,25,28-47H2,1-2H3/b7-5-,10-8-,13-11-,16-14-,18-17-,21-20-,24-23-,27-26-. The molecule has 2 fully saturated rings. The Bertz CT molecular complexity index is 1570. The van der Waals surface area contributed by atoms with Crippen LogP contribution in [-0.2, 0) is 33.2 Å². The van der Waals surface area contributed by atoms with Gasteiger partial charge in [-0.3, -0.25) is 4.79 Å². The zero-order chi connectivity index (χ0) is 53.0. The Balaban J connectivity index is 1.71. The fourth-order valence-corrected chi connectivity index (χ4v) is 8.09. The lowest BCUT2D eigenvalue weighted by Gasteiger charge is -2.42. The Morgan fingerprint density at radius 1 is 0.466 bits per heavy atom. The molecule has 7 N–H and O–H groups in total. The Morgan fingerprint density at radius 2 is 0.890 bits per heavy atom. The maximum Gasteiger partial charge on any atom is 0.306 e. The van der Waals surface area contributed by atoms with Gasteiger partial charge in [0, 0.05) is 13.0 Å². The minimum absolute atomic E-state index is 0.0416. The zero-order valence-corrected chi connectivity index (χ0v) is 44.6. The topological polar surface area (TPSA) is 214 Å². The summed E-state index contributed by atoms with van der Waals surface area (Å²) in [4.78, 5) is 13.0. The van der Waals surface area contributed by atoms with Gasteiger partial charge in [0.25, 0.3) is 0 Å². The first-order valence-electron chi connectivity index (χ1n) is 27.8. The summed E-state index contributed by atoms with van der Waals surface area (Å²) < 4.78 is 34.3. The molecule has 0 bridgehead atoms. The van der Waals surface area contributed by atoms with Crippen LogP contribution < -0.4 is 0 Å². The third-order valence-corrected chi connectivity index (χ3v) is 12.6. The predicted molar refractivity (Wildman–Crippen MR) is 288 cm³/mol. The van der Waals surface area contributed by atoms with Crippen molar-refractivity contribution >= 4 is 5.97 Å². The second kappa shape index (κ2) is 45.1. The molecule has 0 amide bonds. The van der Waals surface area contributed by atoms with Crippen molar-refractivity contribution in [3.05, 3.63) is 97.2 Å². The average molecular weight is 1030 g/mol. The van der Waals surface area contributed by atoms with E-state index in [2.05, 4.69) is 111 Å². The molecule has 11 atom stereocenters. The van der Waals surface area contributed by atoms with E-state index in [-0.39, 0.29) is 19.6 Å². The first-order chi connectivity index (χ1) is 35.6. The second-order valence-electron chi connectivity index (χ2n) is 19.0. The molecule has 0 aromatic rings. The number of aliphatic hydroxyl groups is 7. The lowest BCUT2D eigenvalue weighted by molar-refractivity contribution is -0.332. The number of carbonyl (C=O) groups excluding carboxylic acids is 1. The van der Waals surface area contributed by atoms with Gasteiger partial charge in [0.15, 0.2) is 12.6 Å². The van der Waals surface area contributed by atoms with Gasteiger partial charge in [0.2, 0.25) is 0 Å². The van der Waals surface area contributed by atoms with Crippen LogP contribution in [0.25, 0.3) is 0 Å². The van der Waals surface area contributed by atoms with Crippen molar-refractivity contribution in [2.24, 2.45) is 0 Å². The molecule has 2 saturated heterocycles.